The van der Waals surface area contributed by atoms with E-state index in [1.807, 2.05) is 12.1 Å². The molecule has 1 aromatic carbocycles. The van der Waals surface area contributed by atoms with Gasteiger partial charge in [0.1, 0.15) is 10.9 Å². The first-order valence-electron chi connectivity index (χ1n) is 5.99. The number of aromatic nitrogens is 5. The van der Waals surface area contributed by atoms with E-state index in [2.05, 4.69) is 41.8 Å². The van der Waals surface area contributed by atoms with Crippen molar-refractivity contribution in [2.24, 2.45) is 0 Å². The second-order valence-corrected chi connectivity index (χ2v) is 4.94. The van der Waals surface area contributed by atoms with Crippen molar-refractivity contribution in [3.63, 3.8) is 0 Å². The number of anilines is 1. The molecule has 1 N–H and O–H groups in total. The van der Waals surface area contributed by atoms with E-state index in [1.54, 1.807) is 24.3 Å². The van der Waals surface area contributed by atoms with Gasteiger partial charge >= 0.3 is 0 Å². The minimum Gasteiger partial charge on any atom is -0.322 e. The largest absolute Gasteiger partial charge is 0.322 e. The van der Waals surface area contributed by atoms with Gasteiger partial charge in [-0.05, 0) is 62.8 Å². The van der Waals surface area contributed by atoms with Crippen LogP contribution in [-0.2, 0) is 0 Å². The molecule has 0 bridgehead atoms. The fraction of sp³-hybridized carbons (Fsp3) is 0. The van der Waals surface area contributed by atoms with Gasteiger partial charge in [-0.15, -0.1) is 5.10 Å². The predicted octanol–water partition coefficient (Wildman–Crippen LogP) is 2.07. The SMILES string of the molecule is O=C(Nc1ccc(-n2cnnn2)cc1)c1ccc(Br)nc1. The lowest BCUT2D eigenvalue weighted by atomic mass is 10.2. The molecule has 0 saturated heterocycles. The summed E-state index contributed by atoms with van der Waals surface area (Å²) in [6.45, 7) is 0. The van der Waals surface area contributed by atoms with Crippen LogP contribution < -0.4 is 5.32 Å². The molecule has 0 atom stereocenters. The Morgan fingerprint density at radius 3 is 2.57 bits per heavy atom. The molecule has 3 aromatic rings. The normalized spacial score (nSPS) is 10.3. The Labute approximate surface area is 128 Å². The number of nitrogens with zero attached hydrogens (tertiary/aromatic N) is 5. The molecule has 2 heterocycles. The lowest BCUT2D eigenvalue weighted by Crippen LogP contribution is -2.12. The molecule has 0 fully saturated rings. The maximum atomic E-state index is 12.0. The van der Waals surface area contributed by atoms with Crippen LogP contribution in [0.15, 0.2) is 53.5 Å². The van der Waals surface area contributed by atoms with E-state index < -0.39 is 0 Å². The Kier molecular flexibility index (Phi) is 3.69. The fourth-order valence-electron chi connectivity index (χ4n) is 1.69. The second-order valence-electron chi connectivity index (χ2n) is 4.12. The summed E-state index contributed by atoms with van der Waals surface area (Å²) in [5.74, 6) is -0.217. The molecule has 0 aliphatic rings. The van der Waals surface area contributed by atoms with E-state index in [4.69, 9.17) is 0 Å². The number of benzene rings is 1. The zero-order valence-electron chi connectivity index (χ0n) is 10.6. The molecule has 7 nitrogen and oxygen atoms in total. The molecule has 0 radical (unpaired) electrons. The van der Waals surface area contributed by atoms with Gasteiger partial charge in [0.15, 0.2) is 0 Å². The lowest BCUT2D eigenvalue weighted by molar-refractivity contribution is 0.102. The second kappa shape index (κ2) is 5.80. The Balaban J connectivity index is 1.73. The number of halogens is 1. The van der Waals surface area contributed by atoms with Crippen LogP contribution in [0.1, 0.15) is 10.4 Å². The quantitative estimate of drug-likeness (QED) is 0.735. The number of hydrogen-bond donors (Lipinski definition) is 1. The number of tetrazole rings is 1. The Morgan fingerprint density at radius 1 is 1.14 bits per heavy atom. The Hall–Kier alpha value is -2.61. The van der Waals surface area contributed by atoms with E-state index in [0.717, 1.165) is 5.69 Å². The molecule has 0 aliphatic heterocycles. The molecule has 1 amide bonds. The minimum absolute atomic E-state index is 0.217. The highest BCUT2D eigenvalue weighted by Gasteiger charge is 2.06. The summed E-state index contributed by atoms with van der Waals surface area (Å²) in [7, 11) is 0. The van der Waals surface area contributed by atoms with Crippen molar-refractivity contribution in [2.45, 2.75) is 0 Å². The van der Waals surface area contributed by atoms with Crippen LogP contribution in [0.4, 0.5) is 5.69 Å². The molecule has 104 valence electrons. The summed E-state index contributed by atoms with van der Waals surface area (Å²) < 4.78 is 2.22. The lowest BCUT2D eigenvalue weighted by Gasteiger charge is -2.06. The zero-order valence-corrected chi connectivity index (χ0v) is 12.2. The van der Waals surface area contributed by atoms with E-state index >= 15 is 0 Å². The first kappa shape index (κ1) is 13.4. The maximum Gasteiger partial charge on any atom is 0.257 e. The molecular weight excluding hydrogens is 336 g/mol. The number of pyridine rings is 1. The van der Waals surface area contributed by atoms with Crippen LogP contribution in [0.5, 0.6) is 0 Å². The van der Waals surface area contributed by atoms with E-state index in [1.165, 1.54) is 17.2 Å². The summed E-state index contributed by atoms with van der Waals surface area (Å²) in [6.07, 6.45) is 3.01. The van der Waals surface area contributed by atoms with Crippen LogP contribution in [0.2, 0.25) is 0 Å². The highest BCUT2D eigenvalue weighted by molar-refractivity contribution is 9.10. The average molecular weight is 345 g/mol. The van der Waals surface area contributed by atoms with Crippen LogP contribution in [-0.4, -0.2) is 31.1 Å². The molecule has 21 heavy (non-hydrogen) atoms. The van der Waals surface area contributed by atoms with Gasteiger partial charge in [0.2, 0.25) is 0 Å². The number of carbonyl (C=O) groups excluding carboxylic acids is 1. The van der Waals surface area contributed by atoms with Crippen molar-refractivity contribution in [2.75, 3.05) is 5.32 Å². The van der Waals surface area contributed by atoms with Crippen molar-refractivity contribution in [1.82, 2.24) is 25.2 Å². The smallest absolute Gasteiger partial charge is 0.257 e. The van der Waals surface area contributed by atoms with Crippen LogP contribution in [0, 0.1) is 0 Å². The summed E-state index contributed by atoms with van der Waals surface area (Å²) in [4.78, 5) is 16.1. The first-order valence-corrected chi connectivity index (χ1v) is 6.78. The van der Waals surface area contributed by atoms with Gasteiger partial charge in [-0.1, -0.05) is 0 Å². The van der Waals surface area contributed by atoms with Crippen LogP contribution in [0.25, 0.3) is 5.69 Å². The molecule has 0 spiro atoms. The number of rotatable bonds is 3. The molecular formula is C13H9BrN6O. The summed E-state index contributed by atoms with van der Waals surface area (Å²) in [5.41, 5.74) is 1.98. The van der Waals surface area contributed by atoms with Gasteiger partial charge in [0.25, 0.3) is 5.91 Å². The van der Waals surface area contributed by atoms with Crippen molar-refractivity contribution < 1.29 is 4.79 Å². The van der Waals surface area contributed by atoms with Crippen molar-refractivity contribution in [1.29, 1.82) is 0 Å². The van der Waals surface area contributed by atoms with E-state index in [0.29, 0.717) is 15.9 Å². The number of nitrogens with one attached hydrogen (secondary N) is 1. The third-order valence-electron chi connectivity index (χ3n) is 2.73. The summed E-state index contributed by atoms with van der Waals surface area (Å²) in [6, 6.07) is 10.6. The number of amides is 1. The predicted molar refractivity (Wildman–Crippen MR) is 79.0 cm³/mol. The monoisotopic (exact) mass is 344 g/mol. The van der Waals surface area contributed by atoms with Gasteiger partial charge < -0.3 is 5.32 Å². The van der Waals surface area contributed by atoms with E-state index in [9.17, 15) is 4.79 Å². The van der Waals surface area contributed by atoms with Crippen LogP contribution >= 0.6 is 15.9 Å². The van der Waals surface area contributed by atoms with Crippen molar-refractivity contribution in [3.05, 3.63) is 59.1 Å². The van der Waals surface area contributed by atoms with Gasteiger partial charge in [0.05, 0.1) is 11.3 Å². The van der Waals surface area contributed by atoms with Crippen molar-refractivity contribution >= 4 is 27.5 Å². The molecule has 0 saturated carbocycles. The number of hydrogen-bond acceptors (Lipinski definition) is 5. The molecule has 3 rings (SSSR count). The fourth-order valence-corrected chi connectivity index (χ4v) is 1.93. The zero-order chi connectivity index (χ0) is 14.7. The minimum atomic E-state index is -0.217. The Bertz CT molecular complexity index is 739. The number of carbonyl (C=O) groups is 1. The average Bonchev–Trinajstić information content (AvgIpc) is 3.03. The van der Waals surface area contributed by atoms with Gasteiger partial charge in [-0.2, -0.15) is 0 Å². The van der Waals surface area contributed by atoms with Crippen LogP contribution in [0.3, 0.4) is 0 Å². The highest BCUT2D eigenvalue weighted by atomic mass is 79.9. The van der Waals surface area contributed by atoms with Gasteiger partial charge in [0, 0.05) is 11.9 Å². The topological polar surface area (TPSA) is 85.6 Å². The van der Waals surface area contributed by atoms with Gasteiger partial charge in [-0.25, -0.2) is 9.67 Å². The standard InChI is InChI=1S/C13H9BrN6O/c14-12-6-1-9(7-15-12)13(21)17-10-2-4-11(5-3-10)20-8-16-18-19-20/h1-8H,(H,17,21). The molecule has 0 unspecified atom stereocenters. The maximum absolute atomic E-state index is 12.0. The molecule has 2 aromatic heterocycles. The molecule has 0 aliphatic carbocycles. The highest BCUT2D eigenvalue weighted by Crippen LogP contribution is 2.14. The Morgan fingerprint density at radius 2 is 1.95 bits per heavy atom. The summed E-state index contributed by atoms with van der Waals surface area (Å²) >= 11 is 3.23. The van der Waals surface area contributed by atoms with E-state index in [-0.39, 0.29) is 5.91 Å². The van der Waals surface area contributed by atoms with Gasteiger partial charge in [-0.3, -0.25) is 4.79 Å². The summed E-state index contributed by atoms with van der Waals surface area (Å²) in [5, 5.41) is 13.7. The first-order chi connectivity index (χ1) is 10.2. The third kappa shape index (κ3) is 3.11. The van der Waals surface area contributed by atoms with Crippen molar-refractivity contribution in [3.8, 4) is 5.69 Å². The third-order valence-corrected chi connectivity index (χ3v) is 3.20. The molecule has 8 heteroatoms.